The first-order valence-electron chi connectivity index (χ1n) is 9.76. The lowest BCUT2D eigenvalue weighted by Gasteiger charge is -2.28. The molecule has 1 fully saturated rings. The van der Waals surface area contributed by atoms with E-state index in [4.69, 9.17) is 14.2 Å². The molecule has 1 aliphatic rings. The highest BCUT2D eigenvalue weighted by Crippen LogP contribution is 2.30. The fourth-order valence-electron chi connectivity index (χ4n) is 3.22. The van der Waals surface area contributed by atoms with Crippen molar-refractivity contribution >= 4 is 27.3 Å². The van der Waals surface area contributed by atoms with Gasteiger partial charge >= 0.3 is 0 Å². The second kappa shape index (κ2) is 9.99. The molecule has 1 heterocycles. The molecule has 1 N–H and O–H groups in total. The number of anilines is 2. The fourth-order valence-corrected chi connectivity index (χ4v) is 4.36. The van der Waals surface area contributed by atoms with Gasteiger partial charge in [-0.15, -0.1) is 0 Å². The minimum atomic E-state index is -3.89. The fraction of sp³-hybridized carbons (Fsp3) is 0.381. The monoisotopic (exact) mass is 449 g/mol. The number of nitrogens with one attached hydrogen (secondary N) is 1. The maximum atomic E-state index is 12.8. The average molecular weight is 450 g/mol. The van der Waals surface area contributed by atoms with Crippen molar-refractivity contribution in [3.63, 3.8) is 0 Å². The summed E-state index contributed by atoms with van der Waals surface area (Å²) in [5.41, 5.74) is 1.65. The van der Waals surface area contributed by atoms with Crippen LogP contribution < -0.4 is 19.7 Å². The zero-order chi connectivity index (χ0) is 22.4. The first-order chi connectivity index (χ1) is 14.8. The number of carbonyl (C=O) groups excluding carboxylic acids is 1. The Bertz CT molecular complexity index is 1000. The Labute approximate surface area is 182 Å². The molecule has 1 aliphatic heterocycles. The van der Waals surface area contributed by atoms with Gasteiger partial charge in [0.1, 0.15) is 0 Å². The Kier molecular flexibility index (Phi) is 7.37. The van der Waals surface area contributed by atoms with Crippen LogP contribution in [-0.4, -0.2) is 72.7 Å². The van der Waals surface area contributed by atoms with Gasteiger partial charge in [-0.25, -0.2) is 8.42 Å². The van der Waals surface area contributed by atoms with Crippen LogP contribution in [0.1, 0.15) is 0 Å². The van der Waals surface area contributed by atoms with Crippen LogP contribution in [0.5, 0.6) is 11.5 Å². The Hall–Kier alpha value is -2.82. The summed E-state index contributed by atoms with van der Waals surface area (Å²) in [4.78, 5) is 14.6. The van der Waals surface area contributed by atoms with E-state index in [9.17, 15) is 13.2 Å². The predicted molar refractivity (Wildman–Crippen MR) is 117 cm³/mol. The molecule has 0 atom stereocenters. The smallest absolute Gasteiger partial charge is 0.243 e. The maximum absolute atomic E-state index is 12.8. The highest BCUT2D eigenvalue weighted by atomic mass is 32.2. The molecule has 9 nitrogen and oxygen atoms in total. The summed E-state index contributed by atoms with van der Waals surface area (Å²) in [7, 11) is 0.362. The summed E-state index contributed by atoms with van der Waals surface area (Å²) in [6, 6.07) is 11.7. The van der Waals surface area contributed by atoms with Crippen molar-refractivity contribution in [3.05, 3.63) is 42.5 Å². The lowest BCUT2D eigenvalue weighted by Crippen LogP contribution is -2.36. The van der Waals surface area contributed by atoms with Crippen molar-refractivity contribution in [2.45, 2.75) is 4.90 Å². The lowest BCUT2D eigenvalue weighted by molar-refractivity contribution is -0.116. The van der Waals surface area contributed by atoms with E-state index in [2.05, 4.69) is 10.2 Å². The number of rotatable bonds is 8. The minimum Gasteiger partial charge on any atom is -0.493 e. The number of benzene rings is 2. The van der Waals surface area contributed by atoms with Crippen molar-refractivity contribution < 1.29 is 27.4 Å². The average Bonchev–Trinajstić information content (AvgIpc) is 2.79. The molecular formula is C21H27N3O6S. The predicted octanol–water partition coefficient (Wildman–Crippen LogP) is 1.80. The first kappa shape index (κ1) is 22.9. The van der Waals surface area contributed by atoms with Crippen LogP contribution in [-0.2, 0) is 19.6 Å². The van der Waals surface area contributed by atoms with Crippen molar-refractivity contribution in [2.75, 3.05) is 64.3 Å². The third-order valence-corrected chi connectivity index (χ3v) is 6.76. The van der Waals surface area contributed by atoms with Crippen LogP contribution in [0.3, 0.4) is 0 Å². The van der Waals surface area contributed by atoms with Crippen LogP contribution >= 0.6 is 0 Å². The highest BCUT2D eigenvalue weighted by Gasteiger charge is 2.24. The second-order valence-electron chi connectivity index (χ2n) is 6.97. The molecule has 2 aromatic carbocycles. The number of hydrogen-bond acceptors (Lipinski definition) is 7. The SMILES string of the molecule is COc1ccc(S(=O)(=O)N(C)CC(=O)Nc2ccc(N3CCOCC3)cc2)cc1OC. The van der Waals surface area contributed by atoms with Gasteiger partial charge in [0.15, 0.2) is 11.5 Å². The van der Waals surface area contributed by atoms with Gasteiger partial charge in [0, 0.05) is 37.6 Å². The molecule has 1 saturated heterocycles. The number of likely N-dealkylation sites (N-methyl/N-ethyl adjacent to an activating group) is 1. The molecular weight excluding hydrogens is 422 g/mol. The number of nitrogens with zero attached hydrogens (tertiary/aromatic N) is 2. The van der Waals surface area contributed by atoms with Crippen molar-refractivity contribution in [2.24, 2.45) is 0 Å². The molecule has 0 aromatic heterocycles. The topological polar surface area (TPSA) is 97.4 Å². The molecule has 0 aliphatic carbocycles. The normalized spacial score (nSPS) is 14.4. The van der Waals surface area contributed by atoms with E-state index in [1.165, 1.54) is 39.5 Å². The first-order valence-corrected chi connectivity index (χ1v) is 11.2. The summed E-state index contributed by atoms with van der Waals surface area (Å²) < 4.78 is 42.3. The van der Waals surface area contributed by atoms with E-state index in [1.54, 1.807) is 12.1 Å². The number of amides is 1. The van der Waals surface area contributed by atoms with Crippen LogP contribution in [0.4, 0.5) is 11.4 Å². The van der Waals surface area contributed by atoms with Gasteiger partial charge < -0.3 is 24.4 Å². The van der Waals surface area contributed by atoms with Gasteiger partial charge in [-0.05, 0) is 36.4 Å². The number of methoxy groups -OCH3 is 2. The van der Waals surface area contributed by atoms with Crippen LogP contribution in [0, 0.1) is 0 Å². The summed E-state index contributed by atoms with van der Waals surface area (Å²) in [6.07, 6.45) is 0. The van der Waals surface area contributed by atoms with Crippen molar-refractivity contribution in [1.29, 1.82) is 0 Å². The Balaban J connectivity index is 1.63. The minimum absolute atomic E-state index is 0.00955. The maximum Gasteiger partial charge on any atom is 0.243 e. The summed E-state index contributed by atoms with van der Waals surface area (Å²) in [5.74, 6) is 0.273. The molecule has 168 valence electrons. The van der Waals surface area contributed by atoms with Gasteiger partial charge in [0.05, 0.1) is 38.9 Å². The van der Waals surface area contributed by atoms with Crippen LogP contribution in [0.15, 0.2) is 47.4 Å². The number of sulfonamides is 1. The number of morpholine rings is 1. The molecule has 31 heavy (non-hydrogen) atoms. The molecule has 10 heteroatoms. The van der Waals surface area contributed by atoms with E-state index in [0.717, 1.165) is 23.1 Å². The Morgan fingerprint density at radius 3 is 2.32 bits per heavy atom. The molecule has 0 spiro atoms. The van der Waals surface area contributed by atoms with E-state index in [-0.39, 0.29) is 11.4 Å². The molecule has 0 radical (unpaired) electrons. The van der Waals surface area contributed by atoms with E-state index in [0.29, 0.717) is 30.4 Å². The summed E-state index contributed by atoms with van der Waals surface area (Å²) in [5, 5.41) is 2.73. The highest BCUT2D eigenvalue weighted by molar-refractivity contribution is 7.89. The van der Waals surface area contributed by atoms with E-state index in [1.807, 2.05) is 12.1 Å². The number of carbonyl (C=O) groups is 1. The quantitative estimate of drug-likeness (QED) is 0.656. The lowest BCUT2D eigenvalue weighted by atomic mass is 10.2. The summed E-state index contributed by atoms with van der Waals surface area (Å²) >= 11 is 0. The Morgan fingerprint density at radius 1 is 1.06 bits per heavy atom. The second-order valence-corrected chi connectivity index (χ2v) is 9.02. The van der Waals surface area contributed by atoms with E-state index < -0.39 is 15.9 Å². The zero-order valence-corrected chi connectivity index (χ0v) is 18.6. The third kappa shape index (κ3) is 5.46. The summed E-state index contributed by atoms with van der Waals surface area (Å²) in [6.45, 7) is 2.70. The van der Waals surface area contributed by atoms with Gasteiger partial charge in [-0.2, -0.15) is 4.31 Å². The van der Waals surface area contributed by atoms with Crippen molar-refractivity contribution in [1.82, 2.24) is 4.31 Å². The molecule has 0 unspecified atom stereocenters. The number of hydrogen-bond donors (Lipinski definition) is 1. The van der Waals surface area contributed by atoms with Gasteiger partial charge in [0.25, 0.3) is 0 Å². The van der Waals surface area contributed by atoms with Crippen molar-refractivity contribution in [3.8, 4) is 11.5 Å². The standard InChI is InChI=1S/C21H27N3O6S/c1-23(31(26,27)18-8-9-19(28-2)20(14-18)29-3)15-21(25)22-16-4-6-17(7-5-16)24-10-12-30-13-11-24/h4-9,14H,10-13,15H2,1-3H3,(H,22,25). The Morgan fingerprint density at radius 2 is 1.71 bits per heavy atom. The zero-order valence-electron chi connectivity index (χ0n) is 17.8. The van der Waals surface area contributed by atoms with Gasteiger partial charge in [-0.1, -0.05) is 0 Å². The molecule has 1 amide bonds. The molecule has 0 saturated carbocycles. The van der Waals surface area contributed by atoms with Crippen LogP contribution in [0.2, 0.25) is 0 Å². The molecule has 0 bridgehead atoms. The van der Waals surface area contributed by atoms with Crippen LogP contribution in [0.25, 0.3) is 0 Å². The van der Waals surface area contributed by atoms with E-state index >= 15 is 0 Å². The van der Waals surface area contributed by atoms with Gasteiger partial charge in [0.2, 0.25) is 15.9 Å². The third-order valence-electron chi connectivity index (χ3n) is 4.96. The van der Waals surface area contributed by atoms with Gasteiger partial charge in [-0.3, -0.25) is 4.79 Å². The largest absolute Gasteiger partial charge is 0.493 e. The molecule has 3 rings (SSSR count). The molecule has 2 aromatic rings. The number of ether oxygens (including phenoxy) is 3.